The normalized spacial score (nSPS) is 16.8. The van der Waals surface area contributed by atoms with Crippen LogP contribution < -0.4 is 37.9 Å². The first-order chi connectivity index (χ1) is 34.6. The van der Waals surface area contributed by atoms with E-state index in [1.165, 1.54) is 0 Å². The lowest BCUT2D eigenvalue weighted by molar-refractivity contribution is 0.0695. The van der Waals surface area contributed by atoms with Gasteiger partial charge in [0.1, 0.15) is 75.9 Å². The van der Waals surface area contributed by atoms with Crippen molar-refractivity contribution in [2.24, 2.45) is 0 Å². The van der Waals surface area contributed by atoms with Crippen LogP contribution in [-0.4, -0.2) is 106 Å². The molecule has 4 aliphatic heterocycles. The van der Waals surface area contributed by atoms with Crippen LogP contribution in [0.3, 0.4) is 0 Å². The van der Waals surface area contributed by atoms with Crippen LogP contribution in [0, 0.1) is 13.8 Å². The maximum atomic E-state index is 6.81. The molecule has 368 valence electrons. The number of rotatable bonds is 0. The maximum Gasteiger partial charge on any atom is 0.161 e. The van der Waals surface area contributed by atoms with E-state index < -0.39 is 0 Å². The van der Waals surface area contributed by atoms with Crippen molar-refractivity contribution < 1.29 is 56.8 Å². The van der Waals surface area contributed by atoms with Gasteiger partial charge in [-0.25, -0.2) is 0 Å². The van der Waals surface area contributed by atoms with E-state index in [-0.39, 0.29) is 0 Å². The van der Waals surface area contributed by atoms with E-state index >= 15 is 0 Å². The molecule has 0 N–H and O–H groups in total. The molecule has 0 aromatic heterocycles. The van der Waals surface area contributed by atoms with Crippen molar-refractivity contribution in [2.45, 2.75) is 39.5 Å². The molecule has 4 heterocycles. The highest BCUT2D eigenvalue weighted by atomic mass is 16.6. The van der Waals surface area contributed by atoms with Crippen LogP contribution in [0.15, 0.2) is 109 Å². The smallest absolute Gasteiger partial charge is 0.161 e. The van der Waals surface area contributed by atoms with Crippen LogP contribution in [-0.2, 0) is 44.6 Å². The molecule has 0 fully saturated rings. The van der Waals surface area contributed by atoms with E-state index in [1.54, 1.807) is 0 Å². The predicted octanol–water partition coefficient (Wildman–Crippen LogP) is 9.50. The summed E-state index contributed by atoms with van der Waals surface area (Å²) < 4.78 is 76.3. The van der Waals surface area contributed by atoms with Crippen LogP contribution in [0.5, 0.6) is 46.0 Å². The van der Waals surface area contributed by atoms with E-state index in [4.69, 9.17) is 56.8 Å². The first-order valence-corrected chi connectivity index (χ1v) is 24.5. The standard InChI is InChI=1S/C58H64O12/c1-41-15-17-51-53(35-41)65-29-21-61-25-33-69-57-47-11-5-13-49(57)40-50-14-6-12-48-39-45-9-3-7-43(55(45)67-31-23-59-19-27-63-51)37-44-8-4-10-46(38-47)56(44)68-32-24-60-20-28-64-52-18-16-42(2)36-54(52)66-30-22-62-26-34-70-58(48)50/h3-18,35-36H,19-34,37-40H2,1-2H3. The van der Waals surface area contributed by atoms with Gasteiger partial charge in [-0.05, 0) is 93.7 Å². The van der Waals surface area contributed by atoms with E-state index in [0.717, 1.165) is 78.6 Å². The minimum atomic E-state index is 0.333. The van der Waals surface area contributed by atoms with Gasteiger partial charge in [0, 0.05) is 25.7 Å². The van der Waals surface area contributed by atoms with E-state index in [1.807, 2.05) is 50.2 Å². The number of aryl methyl sites for hydroxylation is 2. The van der Waals surface area contributed by atoms with Gasteiger partial charge in [-0.3, -0.25) is 0 Å². The first-order valence-electron chi connectivity index (χ1n) is 24.5. The SMILES string of the molecule is Cc1ccc2c(c1)OCCOCCOc1c3cccc1Cc1cccc4c1OCCOCCOc1cc(C)ccc1OCCOCCOc1c(cccc1C3)Cc1cccc(c1OCCOCCO2)C4. The number of ether oxygens (including phenoxy) is 12. The number of hydrogen-bond acceptors (Lipinski definition) is 12. The van der Waals surface area contributed by atoms with Gasteiger partial charge in [0.25, 0.3) is 0 Å². The Kier molecular flexibility index (Phi) is 17.3. The van der Waals surface area contributed by atoms with Crippen LogP contribution in [0.1, 0.15) is 55.6 Å². The predicted molar refractivity (Wildman–Crippen MR) is 267 cm³/mol. The molecule has 0 atom stereocenters. The Morgan fingerprint density at radius 3 is 0.729 bits per heavy atom. The molecule has 11 rings (SSSR count). The van der Waals surface area contributed by atoms with Gasteiger partial charge in [-0.15, -0.1) is 0 Å². The fraction of sp³-hybridized carbons (Fsp3) is 0.379. The van der Waals surface area contributed by atoms with Gasteiger partial charge in [0.05, 0.1) is 52.9 Å². The summed E-state index contributed by atoms with van der Waals surface area (Å²) in [6.45, 7) is 9.75. The molecule has 0 saturated heterocycles. The third-order valence-electron chi connectivity index (χ3n) is 12.3. The lowest BCUT2D eigenvalue weighted by Crippen LogP contribution is -2.15. The molecule has 0 radical (unpaired) electrons. The molecule has 1 aliphatic carbocycles. The Hall–Kier alpha value is -6.44. The fourth-order valence-corrected chi connectivity index (χ4v) is 8.98. The van der Waals surface area contributed by atoms with Gasteiger partial charge >= 0.3 is 0 Å². The quantitative estimate of drug-likeness (QED) is 0.135. The molecule has 6 aromatic carbocycles. The molecule has 0 saturated carbocycles. The molecule has 12 heteroatoms. The third kappa shape index (κ3) is 13.0. The van der Waals surface area contributed by atoms with Gasteiger partial charge in [-0.1, -0.05) is 84.9 Å². The lowest BCUT2D eigenvalue weighted by atomic mass is 9.91. The van der Waals surface area contributed by atoms with Crippen LogP contribution >= 0.6 is 0 Å². The van der Waals surface area contributed by atoms with Crippen molar-refractivity contribution in [1.82, 2.24) is 0 Å². The summed E-state index contributed by atoms with van der Waals surface area (Å²) in [5.41, 5.74) is 10.4. The van der Waals surface area contributed by atoms with Crippen LogP contribution in [0.2, 0.25) is 0 Å². The molecule has 0 amide bonds. The fourth-order valence-electron chi connectivity index (χ4n) is 8.98. The lowest BCUT2D eigenvalue weighted by Gasteiger charge is -2.23. The number of fused-ring (bicyclic) bond motifs is 24. The summed E-state index contributed by atoms with van der Waals surface area (Å²) in [6.07, 6.45) is 2.22. The number of benzene rings is 6. The minimum Gasteiger partial charge on any atom is -0.491 e. The van der Waals surface area contributed by atoms with Crippen molar-refractivity contribution in [3.63, 3.8) is 0 Å². The second kappa shape index (κ2) is 24.9. The molecule has 12 bridgehead atoms. The monoisotopic (exact) mass is 952 g/mol. The Balaban J connectivity index is 1.10. The second-order valence-corrected chi connectivity index (χ2v) is 17.5. The highest BCUT2D eigenvalue weighted by Gasteiger charge is 2.22. The van der Waals surface area contributed by atoms with Crippen molar-refractivity contribution in [2.75, 3.05) is 106 Å². The maximum absolute atomic E-state index is 6.81. The molecule has 5 aliphatic rings. The van der Waals surface area contributed by atoms with Crippen molar-refractivity contribution in [3.05, 3.63) is 165 Å². The second-order valence-electron chi connectivity index (χ2n) is 17.5. The van der Waals surface area contributed by atoms with E-state index in [9.17, 15) is 0 Å². The van der Waals surface area contributed by atoms with Crippen LogP contribution in [0.4, 0.5) is 0 Å². The molecular weight excluding hydrogens is 889 g/mol. The van der Waals surface area contributed by atoms with Gasteiger partial charge in [0.15, 0.2) is 23.0 Å². The average Bonchev–Trinajstić information content (AvgIpc) is 3.35. The summed E-state index contributed by atoms with van der Waals surface area (Å²) in [6, 6.07) is 37.4. The average molecular weight is 953 g/mol. The first kappa shape index (κ1) is 48.6. The molecular formula is C58H64O12. The van der Waals surface area contributed by atoms with Crippen molar-refractivity contribution >= 4 is 0 Å². The van der Waals surface area contributed by atoms with E-state index in [2.05, 4.69) is 72.8 Å². The zero-order valence-corrected chi connectivity index (χ0v) is 40.4. The van der Waals surface area contributed by atoms with Gasteiger partial charge < -0.3 is 56.8 Å². The minimum absolute atomic E-state index is 0.333. The Bertz CT molecular complexity index is 2470. The summed E-state index contributed by atoms with van der Waals surface area (Å²) in [5.74, 6) is 5.90. The van der Waals surface area contributed by atoms with Crippen molar-refractivity contribution in [3.8, 4) is 46.0 Å². The molecule has 70 heavy (non-hydrogen) atoms. The Morgan fingerprint density at radius 2 is 0.471 bits per heavy atom. The Morgan fingerprint density at radius 1 is 0.243 bits per heavy atom. The zero-order valence-electron chi connectivity index (χ0n) is 40.4. The summed E-state index contributed by atoms with van der Waals surface area (Å²) >= 11 is 0. The zero-order chi connectivity index (χ0) is 47.7. The third-order valence-corrected chi connectivity index (χ3v) is 12.3. The summed E-state index contributed by atoms with van der Waals surface area (Å²) in [7, 11) is 0. The van der Waals surface area contributed by atoms with Gasteiger partial charge in [-0.2, -0.15) is 0 Å². The molecule has 12 nitrogen and oxygen atoms in total. The number of para-hydroxylation sites is 4. The van der Waals surface area contributed by atoms with Crippen LogP contribution in [0.25, 0.3) is 0 Å². The Labute approximate surface area is 411 Å². The van der Waals surface area contributed by atoms with Gasteiger partial charge in [0.2, 0.25) is 0 Å². The van der Waals surface area contributed by atoms with E-state index in [0.29, 0.717) is 154 Å². The summed E-state index contributed by atoms with van der Waals surface area (Å²) in [4.78, 5) is 0. The summed E-state index contributed by atoms with van der Waals surface area (Å²) in [5, 5.41) is 0. The highest BCUT2D eigenvalue weighted by molar-refractivity contribution is 5.56. The number of hydrogen-bond donors (Lipinski definition) is 0. The topological polar surface area (TPSA) is 111 Å². The molecule has 0 unspecified atom stereocenters. The molecule has 0 spiro atoms. The highest BCUT2D eigenvalue weighted by Crippen LogP contribution is 2.39. The molecule has 6 aromatic rings. The van der Waals surface area contributed by atoms with Crippen molar-refractivity contribution in [1.29, 1.82) is 0 Å². The largest absolute Gasteiger partial charge is 0.491 e.